The number of aliphatic hydroxyl groups is 1. The van der Waals surface area contributed by atoms with Gasteiger partial charge in [-0.15, -0.1) is 0 Å². The number of halogens is 1. The minimum atomic E-state index is -1.36. The van der Waals surface area contributed by atoms with Crippen LogP contribution in [0.4, 0.5) is 4.39 Å². The van der Waals surface area contributed by atoms with Crippen LogP contribution in [0.5, 0.6) is 0 Å². The number of nitrogens with zero attached hydrogens (tertiary/aromatic N) is 2. The summed E-state index contributed by atoms with van der Waals surface area (Å²) in [5, 5.41) is 21.1. The largest absolute Gasteiger partial charge is 0.391 e. The van der Waals surface area contributed by atoms with Gasteiger partial charge in [0.15, 0.2) is 0 Å². The van der Waals surface area contributed by atoms with E-state index in [0.717, 1.165) is 25.7 Å². The third-order valence-electron chi connectivity index (χ3n) is 9.07. The first-order chi connectivity index (χ1) is 21.9. The minimum absolute atomic E-state index is 0.00751. The third kappa shape index (κ3) is 11.4. The summed E-state index contributed by atoms with van der Waals surface area (Å²) >= 11 is 0. The van der Waals surface area contributed by atoms with Crippen LogP contribution in [0.2, 0.25) is 0 Å². The SMILES string of the molecule is CCCC[C@H]1C(=O)N(C)[C@@H](CC(C)C)C(=O)NC(C2CCCCC2)C(=O)N[C@@H](CN)C(=O)N[C@@H]([C@H](C)O)C(=O)NCCN1CCF. The van der Waals surface area contributed by atoms with Crippen LogP contribution < -0.4 is 27.0 Å². The summed E-state index contributed by atoms with van der Waals surface area (Å²) in [4.78, 5) is 71.4. The molecule has 0 radical (unpaired) electrons. The summed E-state index contributed by atoms with van der Waals surface area (Å²) in [6.07, 6.45) is 5.12. The van der Waals surface area contributed by atoms with Crippen LogP contribution in [0.3, 0.4) is 0 Å². The second-order valence-electron chi connectivity index (χ2n) is 13.2. The fourth-order valence-corrected chi connectivity index (χ4v) is 6.37. The summed E-state index contributed by atoms with van der Waals surface area (Å²) in [7, 11) is 1.57. The van der Waals surface area contributed by atoms with Crippen molar-refractivity contribution < 1.29 is 33.5 Å². The molecule has 2 rings (SSSR count). The number of alkyl halides is 1. The van der Waals surface area contributed by atoms with E-state index in [9.17, 15) is 33.5 Å². The van der Waals surface area contributed by atoms with E-state index in [4.69, 9.17) is 5.73 Å². The number of carbonyl (C=O) groups is 5. The molecule has 1 unspecified atom stereocenters. The van der Waals surface area contributed by atoms with E-state index >= 15 is 0 Å². The quantitative estimate of drug-likeness (QED) is 0.193. The number of nitrogens with two attached hydrogens (primary N) is 1. The van der Waals surface area contributed by atoms with Gasteiger partial charge in [0.05, 0.1) is 12.1 Å². The van der Waals surface area contributed by atoms with E-state index in [1.807, 2.05) is 20.8 Å². The second-order valence-corrected chi connectivity index (χ2v) is 13.2. The van der Waals surface area contributed by atoms with E-state index in [2.05, 4.69) is 21.3 Å². The molecule has 1 saturated carbocycles. The van der Waals surface area contributed by atoms with Crippen molar-refractivity contribution in [2.24, 2.45) is 17.6 Å². The van der Waals surface area contributed by atoms with Gasteiger partial charge in [0.25, 0.3) is 0 Å². The lowest BCUT2D eigenvalue weighted by Crippen LogP contribution is -2.63. The average molecular weight is 656 g/mol. The van der Waals surface area contributed by atoms with Crippen molar-refractivity contribution in [1.82, 2.24) is 31.1 Å². The maximum Gasteiger partial charge on any atom is 0.245 e. The van der Waals surface area contributed by atoms with Gasteiger partial charge in [0.1, 0.15) is 30.8 Å². The fourth-order valence-electron chi connectivity index (χ4n) is 6.37. The molecule has 2 aliphatic rings. The lowest BCUT2D eigenvalue weighted by atomic mass is 9.83. The molecule has 0 aromatic rings. The van der Waals surface area contributed by atoms with Gasteiger partial charge in [0, 0.05) is 33.2 Å². The number of nitrogens with one attached hydrogen (secondary N) is 4. The molecular weight excluding hydrogens is 597 g/mol. The molecular formula is C32H58FN7O6. The van der Waals surface area contributed by atoms with Gasteiger partial charge in [-0.05, 0) is 44.4 Å². The van der Waals surface area contributed by atoms with Gasteiger partial charge in [-0.1, -0.05) is 52.9 Å². The Hall–Kier alpha value is -2.84. The van der Waals surface area contributed by atoms with Gasteiger partial charge in [-0.25, -0.2) is 4.39 Å². The molecule has 7 N–H and O–H groups in total. The Morgan fingerprint density at radius 2 is 1.61 bits per heavy atom. The van der Waals surface area contributed by atoms with E-state index in [-0.39, 0.29) is 43.9 Å². The number of hydrogen-bond acceptors (Lipinski definition) is 8. The van der Waals surface area contributed by atoms with Gasteiger partial charge in [-0.2, -0.15) is 0 Å². The predicted octanol–water partition coefficient (Wildman–Crippen LogP) is 0.194. The highest BCUT2D eigenvalue weighted by Crippen LogP contribution is 2.27. The summed E-state index contributed by atoms with van der Waals surface area (Å²) in [5.74, 6) is -3.00. The van der Waals surface area contributed by atoms with Crippen molar-refractivity contribution in [3.63, 3.8) is 0 Å². The average Bonchev–Trinajstić information content (AvgIpc) is 3.02. The van der Waals surface area contributed by atoms with Gasteiger partial charge in [0.2, 0.25) is 29.5 Å². The Labute approximate surface area is 273 Å². The van der Waals surface area contributed by atoms with Crippen LogP contribution in [-0.4, -0.2) is 121 Å². The normalized spacial score (nSPS) is 28.2. The molecule has 1 aliphatic heterocycles. The monoisotopic (exact) mass is 655 g/mol. The fraction of sp³-hybridized carbons (Fsp3) is 0.844. The van der Waals surface area contributed by atoms with E-state index in [1.165, 1.54) is 11.8 Å². The molecule has 1 saturated heterocycles. The highest BCUT2D eigenvalue weighted by Gasteiger charge is 2.39. The van der Waals surface area contributed by atoms with Crippen molar-refractivity contribution in [3.05, 3.63) is 0 Å². The van der Waals surface area contributed by atoms with Crippen molar-refractivity contribution in [3.8, 4) is 0 Å². The Balaban J connectivity index is 2.60. The molecule has 6 atom stereocenters. The Morgan fingerprint density at radius 3 is 2.17 bits per heavy atom. The predicted molar refractivity (Wildman–Crippen MR) is 173 cm³/mol. The first-order valence-electron chi connectivity index (χ1n) is 17.0. The van der Waals surface area contributed by atoms with Gasteiger partial charge in [-0.3, -0.25) is 28.9 Å². The van der Waals surface area contributed by atoms with Gasteiger partial charge < -0.3 is 37.0 Å². The minimum Gasteiger partial charge on any atom is -0.391 e. The highest BCUT2D eigenvalue weighted by atomic mass is 19.1. The zero-order valence-electron chi connectivity index (χ0n) is 28.4. The summed E-state index contributed by atoms with van der Waals surface area (Å²) in [5.41, 5.74) is 5.88. The highest BCUT2D eigenvalue weighted by molar-refractivity contribution is 5.96. The molecule has 0 aromatic carbocycles. The van der Waals surface area contributed by atoms with Crippen molar-refractivity contribution in [2.45, 2.75) is 122 Å². The molecule has 0 spiro atoms. The number of rotatable bonds is 10. The number of likely N-dealkylation sites (N-methyl/N-ethyl adjacent to an activating group) is 1. The first kappa shape index (κ1) is 39.3. The molecule has 1 heterocycles. The zero-order valence-corrected chi connectivity index (χ0v) is 28.4. The lowest BCUT2D eigenvalue weighted by molar-refractivity contribution is -0.145. The maximum absolute atomic E-state index is 14.2. The molecule has 1 aliphatic carbocycles. The van der Waals surface area contributed by atoms with Crippen molar-refractivity contribution >= 4 is 29.5 Å². The van der Waals surface area contributed by atoms with Crippen LogP contribution in [0, 0.1) is 11.8 Å². The van der Waals surface area contributed by atoms with E-state index in [0.29, 0.717) is 32.1 Å². The third-order valence-corrected chi connectivity index (χ3v) is 9.07. The van der Waals surface area contributed by atoms with Gasteiger partial charge >= 0.3 is 0 Å². The van der Waals surface area contributed by atoms with Crippen LogP contribution in [-0.2, 0) is 24.0 Å². The van der Waals surface area contributed by atoms with Crippen LogP contribution in [0.25, 0.3) is 0 Å². The number of carbonyl (C=O) groups excluding carboxylic acids is 5. The number of hydrogen-bond donors (Lipinski definition) is 6. The van der Waals surface area contributed by atoms with Crippen LogP contribution in [0.15, 0.2) is 0 Å². The van der Waals surface area contributed by atoms with Crippen molar-refractivity contribution in [1.29, 1.82) is 0 Å². The zero-order chi connectivity index (χ0) is 34.4. The Kier molecular flexibility index (Phi) is 16.9. The number of amides is 5. The molecule has 13 nitrogen and oxygen atoms in total. The molecule has 0 bridgehead atoms. The number of unbranched alkanes of at least 4 members (excludes halogenated alkanes) is 1. The second kappa shape index (κ2) is 19.7. The smallest absolute Gasteiger partial charge is 0.245 e. The molecule has 264 valence electrons. The maximum atomic E-state index is 14.2. The van der Waals surface area contributed by atoms with Crippen molar-refractivity contribution in [2.75, 3.05) is 39.9 Å². The number of aliphatic hydroxyl groups excluding tert-OH is 1. The lowest BCUT2D eigenvalue weighted by Gasteiger charge is -2.38. The van der Waals surface area contributed by atoms with Crippen LogP contribution in [0.1, 0.15) is 85.5 Å². The Bertz CT molecular complexity index is 1010. The van der Waals surface area contributed by atoms with Crippen LogP contribution >= 0.6 is 0 Å². The molecule has 2 fully saturated rings. The molecule has 5 amide bonds. The standard InChI is InChI=1S/C32H58FN7O6/c1-6-7-13-24-32(46)39(5)25(18-20(2)3)29(43)38-27(22-11-9-8-10-12-22)31(45)36-23(19-34)28(42)37-26(21(4)41)30(44)35-15-17-40(24)16-14-33/h20-27,41H,6-19,34H2,1-5H3,(H,35,44)(H,36,45)(H,37,42)(H,38,43)/t21-,23-,24-,25-,26-,27?/m0/s1. The first-order valence-corrected chi connectivity index (χ1v) is 17.0. The summed E-state index contributed by atoms with van der Waals surface area (Å²) in [6, 6.07) is -5.24. The molecule has 14 heteroatoms. The van der Waals surface area contributed by atoms with E-state index in [1.54, 1.807) is 11.9 Å². The summed E-state index contributed by atoms with van der Waals surface area (Å²) in [6.45, 7) is 6.27. The molecule has 0 aromatic heterocycles. The summed E-state index contributed by atoms with van der Waals surface area (Å²) < 4.78 is 13.8. The van der Waals surface area contributed by atoms with E-state index < -0.39 is 66.6 Å². The molecule has 46 heavy (non-hydrogen) atoms. The topological polar surface area (TPSA) is 186 Å². The Morgan fingerprint density at radius 1 is 0.935 bits per heavy atom.